The maximum atomic E-state index is 13.2. The number of aromatic nitrogens is 1. The predicted octanol–water partition coefficient (Wildman–Crippen LogP) is 4.56. The van der Waals surface area contributed by atoms with Crippen LogP contribution in [-0.2, 0) is 6.42 Å². The number of pyridine rings is 1. The number of para-hydroxylation sites is 1. The van der Waals surface area contributed by atoms with Gasteiger partial charge in [-0.15, -0.1) is 0 Å². The van der Waals surface area contributed by atoms with Gasteiger partial charge in [-0.2, -0.15) is 0 Å². The second-order valence-corrected chi connectivity index (χ2v) is 6.25. The SMILES string of the molecule is O=C(Nc1ccc(N2CCCc3ccccc32)cn1)c1cccc(F)c1. The van der Waals surface area contributed by atoms with E-state index in [0.29, 0.717) is 5.82 Å². The molecule has 4 rings (SSSR count). The van der Waals surface area contributed by atoms with Gasteiger partial charge >= 0.3 is 0 Å². The van der Waals surface area contributed by atoms with Crippen molar-refractivity contribution in [2.75, 3.05) is 16.8 Å². The highest BCUT2D eigenvalue weighted by molar-refractivity contribution is 6.03. The number of nitrogens with zero attached hydrogens (tertiary/aromatic N) is 2. The van der Waals surface area contributed by atoms with Gasteiger partial charge in [0.25, 0.3) is 5.91 Å². The summed E-state index contributed by atoms with van der Waals surface area (Å²) >= 11 is 0. The number of fused-ring (bicyclic) bond motifs is 1. The molecule has 0 fully saturated rings. The summed E-state index contributed by atoms with van der Waals surface area (Å²) in [4.78, 5) is 18.8. The van der Waals surface area contributed by atoms with Crippen molar-refractivity contribution in [1.29, 1.82) is 0 Å². The lowest BCUT2D eigenvalue weighted by Crippen LogP contribution is -2.24. The molecule has 0 aliphatic carbocycles. The standard InChI is InChI=1S/C21H18FN3O/c22-17-8-3-6-16(13-17)21(26)24-20-11-10-18(14-23-20)25-12-4-7-15-5-1-2-9-19(15)25/h1-3,5-6,8-11,13-14H,4,7,12H2,(H,23,24,26). The van der Waals surface area contributed by atoms with Gasteiger partial charge in [0.1, 0.15) is 11.6 Å². The average molecular weight is 347 g/mol. The van der Waals surface area contributed by atoms with Crippen molar-refractivity contribution in [3.05, 3.63) is 83.8 Å². The minimum Gasteiger partial charge on any atom is -0.340 e. The van der Waals surface area contributed by atoms with Crippen LogP contribution in [0.25, 0.3) is 0 Å². The van der Waals surface area contributed by atoms with E-state index in [1.807, 2.05) is 12.1 Å². The Morgan fingerprint density at radius 1 is 1.08 bits per heavy atom. The number of anilines is 3. The molecule has 0 bridgehead atoms. The molecule has 3 aromatic rings. The van der Waals surface area contributed by atoms with Crippen LogP contribution in [0.1, 0.15) is 22.3 Å². The highest BCUT2D eigenvalue weighted by Gasteiger charge is 2.18. The van der Waals surface area contributed by atoms with E-state index in [1.165, 1.54) is 29.4 Å². The van der Waals surface area contributed by atoms with Crippen molar-refractivity contribution in [1.82, 2.24) is 4.98 Å². The van der Waals surface area contributed by atoms with Crippen molar-refractivity contribution in [2.45, 2.75) is 12.8 Å². The van der Waals surface area contributed by atoms with Gasteiger partial charge in [0, 0.05) is 17.8 Å². The van der Waals surface area contributed by atoms with Gasteiger partial charge in [-0.1, -0.05) is 24.3 Å². The average Bonchev–Trinajstić information content (AvgIpc) is 2.68. The molecule has 0 saturated carbocycles. The number of halogens is 1. The Labute approximate surface area is 151 Å². The number of carbonyl (C=O) groups is 1. The summed E-state index contributed by atoms with van der Waals surface area (Å²) in [6.07, 6.45) is 3.93. The van der Waals surface area contributed by atoms with E-state index in [0.717, 1.165) is 25.1 Å². The molecule has 2 aromatic carbocycles. The van der Waals surface area contributed by atoms with E-state index in [4.69, 9.17) is 0 Å². The molecule has 4 nitrogen and oxygen atoms in total. The van der Waals surface area contributed by atoms with Crippen LogP contribution in [0.15, 0.2) is 66.9 Å². The Hall–Kier alpha value is -3.21. The number of carbonyl (C=O) groups excluding carboxylic acids is 1. The quantitative estimate of drug-likeness (QED) is 0.755. The fourth-order valence-corrected chi connectivity index (χ4v) is 3.24. The van der Waals surface area contributed by atoms with Crippen molar-refractivity contribution in [3.8, 4) is 0 Å². The number of nitrogens with one attached hydrogen (secondary N) is 1. The van der Waals surface area contributed by atoms with E-state index >= 15 is 0 Å². The third kappa shape index (κ3) is 3.28. The summed E-state index contributed by atoms with van der Waals surface area (Å²) in [6, 6.07) is 17.7. The van der Waals surface area contributed by atoms with E-state index in [9.17, 15) is 9.18 Å². The summed E-state index contributed by atoms with van der Waals surface area (Å²) in [5.41, 5.74) is 3.79. The van der Waals surface area contributed by atoms with Gasteiger partial charge in [-0.3, -0.25) is 4.79 Å². The molecule has 1 aliphatic heterocycles. The molecule has 0 saturated heterocycles. The second-order valence-electron chi connectivity index (χ2n) is 6.25. The largest absolute Gasteiger partial charge is 0.340 e. The fourth-order valence-electron chi connectivity index (χ4n) is 3.24. The predicted molar refractivity (Wildman–Crippen MR) is 100 cm³/mol. The molecule has 0 unspecified atom stereocenters. The summed E-state index contributed by atoms with van der Waals surface area (Å²) in [5, 5.41) is 2.70. The monoisotopic (exact) mass is 347 g/mol. The molecule has 1 amide bonds. The number of hydrogen-bond acceptors (Lipinski definition) is 3. The summed E-state index contributed by atoms with van der Waals surface area (Å²) in [5.74, 6) is -0.383. The van der Waals surface area contributed by atoms with Crippen LogP contribution in [0.5, 0.6) is 0 Å². The topological polar surface area (TPSA) is 45.2 Å². The Kier molecular flexibility index (Phi) is 4.35. The summed E-state index contributed by atoms with van der Waals surface area (Å²) < 4.78 is 13.2. The molecule has 1 aliphatic rings. The van der Waals surface area contributed by atoms with E-state index in [-0.39, 0.29) is 11.5 Å². The van der Waals surface area contributed by atoms with Crippen LogP contribution in [0, 0.1) is 5.82 Å². The van der Waals surface area contributed by atoms with Gasteiger partial charge in [0.2, 0.25) is 0 Å². The number of aryl methyl sites for hydroxylation is 1. The molecular formula is C21H18FN3O. The molecule has 1 aromatic heterocycles. The first-order chi connectivity index (χ1) is 12.7. The minimum atomic E-state index is -0.440. The summed E-state index contributed by atoms with van der Waals surface area (Å²) in [7, 11) is 0. The highest BCUT2D eigenvalue weighted by Crippen LogP contribution is 2.33. The van der Waals surface area contributed by atoms with E-state index < -0.39 is 5.82 Å². The zero-order chi connectivity index (χ0) is 17.9. The first kappa shape index (κ1) is 16.3. The van der Waals surface area contributed by atoms with Crippen LogP contribution in [-0.4, -0.2) is 17.4 Å². The molecule has 130 valence electrons. The number of benzene rings is 2. The van der Waals surface area contributed by atoms with Crippen molar-refractivity contribution in [3.63, 3.8) is 0 Å². The van der Waals surface area contributed by atoms with Gasteiger partial charge in [-0.25, -0.2) is 9.37 Å². The van der Waals surface area contributed by atoms with Crippen molar-refractivity contribution < 1.29 is 9.18 Å². The lowest BCUT2D eigenvalue weighted by molar-refractivity contribution is 0.102. The smallest absolute Gasteiger partial charge is 0.256 e. The molecule has 26 heavy (non-hydrogen) atoms. The fraction of sp³-hybridized carbons (Fsp3) is 0.143. The third-order valence-corrected chi connectivity index (χ3v) is 4.50. The highest BCUT2D eigenvalue weighted by atomic mass is 19.1. The van der Waals surface area contributed by atoms with Crippen molar-refractivity contribution >= 4 is 23.1 Å². The Morgan fingerprint density at radius 2 is 1.96 bits per heavy atom. The Balaban J connectivity index is 1.52. The number of amides is 1. The zero-order valence-electron chi connectivity index (χ0n) is 14.2. The van der Waals surface area contributed by atoms with Crippen molar-refractivity contribution in [2.24, 2.45) is 0 Å². The van der Waals surface area contributed by atoms with Gasteiger partial charge < -0.3 is 10.2 Å². The van der Waals surface area contributed by atoms with Gasteiger partial charge in [0.15, 0.2) is 0 Å². The van der Waals surface area contributed by atoms with Crippen LogP contribution in [0.3, 0.4) is 0 Å². The first-order valence-corrected chi connectivity index (χ1v) is 8.59. The van der Waals surface area contributed by atoms with E-state index in [2.05, 4.69) is 33.4 Å². The van der Waals surface area contributed by atoms with Crippen LogP contribution in [0.2, 0.25) is 0 Å². The number of hydrogen-bond donors (Lipinski definition) is 1. The van der Waals surface area contributed by atoms with Crippen LogP contribution < -0.4 is 10.2 Å². The molecule has 0 spiro atoms. The van der Waals surface area contributed by atoms with Gasteiger partial charge in [-0.05, 0) is 54.8 Å². The molecule has 0 atom stereocenters. The second kappa shape index (κ2) is 6.96. The normalized spacial score (nSPS) is 13.2. The molecule has 2 heterocycles. The zero-order valence-corrected chi connectivity index (χ0v) is 14.2. The Bertz CT molecular complexity index is 940. The van der Waals surface area contributed by atoms with Gasteiger partial charge in [0.05, 0.1) is 11.9 Å². The number of rotatable bonds is 3. The van der Waals surface area contributed by atoms with Crippen LogP contribution >= 0.6 is 0 Å². The third-order valence-electron chi connectivity index (χ3n) is 4.50. The minimum absolute atomic E-state index is 0.265. The molecule has 5 heteroatoms. The maximum Gasteiger partial charge on any atom is 0.256 e. The summed E-state index contributed by atoms with van der Waals surface area (Å²) in [6.45, 7) is 0.938. The lowest BCUT2D eigenvalue weighted by atomic mass is 10.0. The molecule has 1 N–H and O–H groups in total. The molecule has 0 radical (unpaired) electrons. The first-order valence-electron chi connectivity index (χ1n) is 8.59. The lowest BCUT2D eigenvalue weighted by Gasteiger charge is -2.31. The van der Waals surface area contributed by atoms with E-state index in [1.54, 1.807) is 18.3 Å². The molecular weight excluding hydrogens is 329 g/mol. The maximum absolute atomic E-state index is 13.2. The Morgan fingerprint density at radius 3 is 2.77 bits per heavy atom. The van der Waals surface area contributed by atoms with Crippen LogP contribution in [0.4, 0.5) is 21.6 Å².